The lowest BCUT2D eigenvalue weighted by atomic mass is 10.1. The summed E-state index contributed by atoms with van der Waals surface area (Å²) in [5.74, 6) is 0.178. The minimum atomic E-state index is -4.37. The summed E-state index contributed by atoms with van der Waals surface area (Å²) in [7, 11) is 1.73. The summed E-state index contributed by atoms with van der Waals surface area (Å²) in [6, 6.07) is -0.637. The molecule has 0 saturated carbocycles. The van der Waals surface area contributed by atoms with Gasteiger partial charge in [0, 0.05) is 31.9 Å². The maximum atomic E-state index is 13.4. The Hall–Kier alpha value is -2.52. The molecule has 146 valence electrons. The van der Waals surface area contributed by atoms with Gasteiger partial charge < -0.3 is 10.2 Å². The molecule has 1 N–H and O–H groups in total. The molecule has 2 aliphatic rings. The maximum absolute atomic E-state index is 13.4. The van der Waals surface area contributed by atoms with Crippen LogP contribution in [0.5, 0.6) is 0 Å². The number of aryl methyl sites for hydroxylation is 1. The Kier molecular flexibility index (Phi) is 4.15. The van der Waals surface area contributed by atoms with E-state index >= 15 is 0 Å². The number of alkyl halides is 3. The van der Waals surface area contributed by atoms with Crippen molar-refractivity contribution in [2.75, 3.05) is 11.9 Å². The third-order valence-corrected chi connectivity index (χ3v) is 5.21. The Morgan fingerprint density at radius 1 is 1.37 bits per heavy atom. The van der Waals surface area contributed by atoms with Crippen LogP contribution in [0.4, 0.5) is 19.0 Å². The van der Waals surface area contributed by atoms with E-state index in [0.29, 0.717) is 30.0 Å². The van der Waals surface area contributed by atoms with Crippen molar-refractivity contribution < 1.29 is 18.0 Å². The van der Waals surface area contributed by atoms with E-state index in [0.717, 1.165) is 11.1 Å². The number of aromatic nitrogens is 4. The molecule has 7 nitrogen and oxygen atoms in total. The normalized spacial score (nSPS) is 25.4. The monoisotopic (exact) mass is 382 g/mol. The number of likely N-dealkylation sites (tertiary alicyclic amines) is 1. The van der Waals surface area contributed by atoms with E-state index in [1.165, 1.54) is 6.20 Å². The molecule has 27 heavy (non-hydrogen) atoms. The van der Waals surface area contributed by atoms with Crippen molar-refractivity contribution >= 4 is 11.7 Å². The van der Waals surface area contributed by atoms with Crippen LogP contribution < -0.4 is 5.32 Å². The van der Waals surface area contributed by atoms with E-state index in [4.69, 9.17) is 0 Å². The fourth-order valence-corrected chi connectivity index (χ4v) is 3.95. The van der Waals surface area contributed by atoms with E-state index in [1.54, 1.807) is 35.8 Å². The lowest BCUT2D eigenvalue weighted by Crippen LogP contribution is -2.38. The molecule has 0 aromatic carbocycles. The molecule has 4 heterocycles. The molecule has 0 aliphatic carbocycles. The Morgan fingerprint density at radius 3 is 2.81 bits per heavy atom. The Morgan fingerprint density at radius 2 is 2.15 bits per heavy atom. The SMILES string of the molecule is C[C@@H]1C[C@H](C(F)(F)F)n2nc([C@H]3CCCN3C(=O)c3cnn(C)c3)cc2N1. The van der Waals surface area contributed by atoms with Gasteiger partial charge in [0.1, 0.15) is 5.82 Å². The topological polar surface area (TPSA) is 68.0 Å². The summed E-state index contributed by atoms with van der Waals surface area (Å²) in [5, 5.41) is 11.4. The highest BCUT2D eigenvalue weighted by Crippen LogP contribution is 2.41. The summed E-state index contributed by atoms with van der Waals surface area (Å²) in [4.78, 5) is 14.5. The van der Waals surface area contributed by atoms with Crippen molar-refractivity contribution in [1.29, 1.82) is 0 Å². The Labute approximate surface area is 154 Å². The fraction of sp³-hybridized carbons (Fsp3) is 0.588. The molecule has 0 bridgehead atoms. The van der Waals surface area contributed by atoms with E-state index in [2.05, 4.69) is 15.5 Å². The van der Waals surface area contributed by atoms with Gasteiger partial charge in [0.05, 0.1) is 23.5 Å². The highest BCUT2D eigenvalue weighted by Gasteiger charge is 2.46. The van der Waals surface area contributed by atoms with Crippen molar-refractivity contribution in [3.8, 4) is 0 Å². The average Bonchev–Trinajstić information content (AvgIpc) is 3.30. The second-order valence-electron chi connectivity index (χ2n) is 7.30. The molecule has 10 heteroatoms. The van der Waals surface area contributed by atoms with Crippen LogP contribution in [0.3, 0.4) is 0 Å². The van der Waals surface area contributed by atoms with Gasteiger partial charge in [-0.1, -0.05) is 0 Å². The van der Waals surface area contributed by atoms with Crippen LogP contribution in [0.25, 0.3) is 0 Å². The summed E-state index contributed by atoms with van der Waals surface area (Å²) in [6.45, 7) is 2.27. The number of hydrogen-bond acceptors (Lipinski definition) is 4. The second kappa shape index (κ2) is 6.28. The molecule has 1 amide bonds. The number of nitrogens with zero attached hydrogens (tertiary/aromatic N) is 5. The van der Waals surface area contributed by atoms with Gasteiger partial charge in [-0.2, -0.15) is 23.4 Å². The van der Waals surface area contributed by atoms with Gasteiger partial charge in [-0.15, -0.1) is 0 Å². The van der Waals surface area contributed by atoms with E-state index in [9.17, 15) is 18.0 Å². The molecular weight excluding hydrogens is 361 g/mol. The van der Waals surface area contributed by atoms with Crippen molar-refractivity contribution in [2.24, 2.45) is 7.05 Å². The standard InChI is InChI=1S/C17H21F3N6O/c1-10-6-14(17(18,19)20)26-15(22-10)7-12(23-26)13-4-3-5-25(13)16(27)11-8-21-24(2)9-11/h7-10,13-14,22H,3-6H2,1-2H3/t10-,13-,14-/m1/s1. The lowest BCUT2D eigenvalue weighted by molar-refractivity contribution is -0.173. The number of hydrogen-bond donors (Lipinski definition) is 1. The third-order valence-electron chi connectivity index (χ3n) is 5.21. The van der Waals surface area contributed by atoms with Gasteiger partial charge in [0.15, 0.2) is 6.04 Å². The highest BCUT2D eigenvalue weighted by molar-refractivity contribution is 5.94. The van der Waals surface area contributed by atoms with Gasteiger partial charge in [0.2, 0.25) is 0 Å². The quantitative estimate of drug-likeness (QED) is 0.867. The molecule has 2 aliphatic heterocycles. The van der Waals surface area contributed by atoms with Gasteiger partial charge >= 0.3 is 6.18 Å². The van der Waals surface area contributed by atoms with Gasteiger partial charge in [-0.3, -0.25) is 9.48 Å². The molecule has 0 spiro atoms. The molecule has 2 aromatic heterocycles. The minimum absolute atomic E-state index is 0.0688. The predicted molar refractivity (Wildman–Crippen MR) is 91.2 cm³/mol. The number of amides is 1. The Balaban J connectivity index is 1.64. The van der Waals surface area contributed by atoms with Gasteiger partial charge in [-0.05, 0) is 26.2 Å². The molecule has 0 unspecified atom stereocenters. The predicted octanol–water partition coefficient (Wildman–Crippen LogP) is 2.90. The lowest BCUT2D eigenvalue weighted by Gasteiger charge is -2.31. The maximum Gasteiger partial charge on any atom is 0.410 e. The molecule has 4 rings (SSSR count). The summed E-state index contributed by atoms with van der Waals surface area (Å²) in [5.41, 5.74) is 0.962. The van der Waals surface area contributed by atoms with Crippen LogP contribution in [-0.4, -0.2) is 49.1 Å². The van der Waals surface area contributed by atoms with E-state index in [-0.39, 0.29) is 24.4 Å². The summed E-state index contributed by atoms with van der Waals surface area (Å²) >= 11 is 0. The van der Waals surface area contributed by atoms with Crippen molar-refractivity contribution in [3.05, 3.63) is 29.7 Å². The first kappa shape index (κ1) is 17.9. The number of carbonyl (C=O) groups excluding carboxylic acids is 1. The number of nitrogens with one attached hydrogen (secondary N) is 1. The zero-order chi connectivity index (χ0) is 19.3. The number of anilines is 1. The molecule has 1 saturated heterocycles. The van der Waals surface area contributed by atoms with Crippen LogP contribution in [0.1, 0.15) is 54.3 Å². The van der Waals surface area contributed by atoms with Crippen LogP contribution in [0.15, 0.2) is 18.5 Å². The first-order valence-corrected chi connectivity index (χ1v) is 8.96. The van der Waals surface area contributed by atoms with Crippen molar-refractivity contribution in [2.45, 2.75) is 50.5 Å². The summed E-state index contributed by atoms with van der Waals surface area (Å²) < 4.78 is 42.9. The molecule has 3 atom stereocenters. The highest BCUT2D eigenvalue weighted by atomic mass is 19.4. The third kappa shape index (κ3) is 3.17. The zero-order valence-electron chi connectivity index (χ0n) is 15.1. The fourth-order valence-electron chi connectivity index (χ4n) is 3.95. The van der Waals surface area contributed by atoms with Crippen molar-refractivity contribution in [3.63, 3.8) is 0 Å². The zero-order valence-corrected chi connectivity index (χ0v) is 15.1. The second-order valence-corrected chi connectivity index (χ2v) is 7.30. The molecular formula is C17H21F3N6O. The number of halogens is 3. The summed E-state index contributed by atoms with van der Waals surface area (Å²) in [6.07, 6.45) is 0.160. The van der Waals surface area contributed by atoms with Crippen molar-refractivity contribution in [1.82, 2.24) is 24.5 Å². The average molecular weight is 382 g/mol. The Bertz CT molecular complexity index is 857. The van der Waals surface area contributed by atoms with Gasteiger partial charge in [0.25, 0.3) is 5.91 Å². The molecule has 0 radical (unpaired) electrons. The minimum Gasteiger partial charge on any atom is -0.368 e. The van der Waals surface area contributed by atoms with Crippen LogP contribution in [0.2, 0.25) is 0 Å². The molecule has 1 fully saturated rings. The van der Waals surface area contributed by atoms with E-state index < -0.39 is 12.2 Å². The van der Waals surface area contributed by atoms with Crippen LogP contribution >= 0.6 is 0 Å². The van der Waals surface area contributed by atoms with Gasteiger partial charge in [-0.25, -0.2) is 4.68 Å². The number of carbonyl (C=O) groups is 1. The van der Waals surface area contributed by atoms with Crippen LogP contribution in [0, 0.1) is 0 Å². The largest absolute Gasteiger partial charge is 0.410 e. The molecule has 2 aromatic rings. The smallest absolute Gasteiger partial charge is 0.368 e. The van der Waals surface area contributed by atoms with Crippen LogP contribution in [-0.2, 0) is 7.05 Å². The van der Waals surface area contributed by atoms with E-state index in [1.807, 2.05) is 0 Å². The first-order chi connectivity index (χ1) is 12.7. The number of rotatable bonds is 2. The first-order valence-electron chi connectivity index (χ1n) is 8.96. The number of fused-ring (bicyclic) bond motifs is 1.